The highest BCUT2D eigenvalue weighted by atomic mass is 35.5. The zero-order valence-electron chi connectivity index (χ0n) is 19.2. The third-order valence-electron chi connectivity index (χ3n) is 6.66. The molecule has 0 spiro atoms. The van der Waals surface area contributed by atoms with Crippen molar-refractivity contribution in [2.45, 2.75) is 63.5 Å². The van der Waals surface area contributed by atoms with Gasteiger partial charge in [0, 0.05) is 23.5 Å². The van der Waals surface area contributed by atoms with E-state index in [2.05, 4.69) is 0 Å². The molecule has 2 heterocycles. The molecular formula is C24H29ClF3NO4. The summed E-state index contributed by atoms with van der Waals surface area (Å²) in [4.78, 5) is 28.5. The van der Waals surface area contributed by atoms with Crippen molar-refractivity contribution in [3.63, 3.8) is 0 Å². The number of alkyl halides is 4. The Hall–Kier alpha value is -2.22. The van der Waals surface area contributed by atoms with Gasteiger partial charge in [-0.3, -0.25) is 4.79 Å². The third kappa shape index (κ3) is 4.72. The van der Waals surface area contributed by atoms with E-state index < -0.39 is 41.1 Å². The number of hydrogen-bond acceptors (Lipinski definition) is 5. The van der Waals surface area contributed by atoms with Crippen LogP contribution in [0.25, 0.3) is 0 Å². The van der Waals surface area contributed by atoms with Crippen LogP contribution in [0.3, 0.4) is 0 Å². The summed E-state index contributed by atoms with van der Waals surface area (Å²) in [5.74, 6) is -2.81. The number of ether oxygens (including phenoxy) is 2. The van der Waals surface area contributed by atoms with Gasteiger partial charge in [0.2, 0.25) is 0 Å². The van der Waals surface area contributed by atoms with Crippen LogP contribution in [-0.2, 0) is 25.2 Å². The molecule has 3 rings (SSSR count). The molecule has 0 bridgehead atoms. The molecule has 2 aliphatic rings. The average Bonchev–Trinajstić information content (AvgIpc) is 2.72. The molecule has 0 amide bonds. The maximum atomic E-state index is 13.4. The van der Waals surface area contributed by atoms with Gasteiger partial charge < -0.3 is 14.4 Å². The van der Waals surface area contributed by atoms with Crippen LogP contribution in [0.15, 0.2) is 35.5 Å². The normalized spacial score (nSPS) is 27.8. The summed E-state index contributed by atoms with van der Waals surface area (Å²) in [6, 6.07) is 4.59. The number of benzene rings is 1. The first kappa shape index (κ1) is 25.4. The Labute approximate surface area is 196 Å². The quantitative estimate of drug-likeness (QED) is 0.418. The zero-order valence-corrected chi connectivity index (χ0v) is 19.9. The van der Waals surface area contributed by atoms with Crippen LogP contribution in [0.5, 0.6) is 0 Å². The number of hydrogen-bond donors (Lipinski definition) is 0. The molecule has 1 fully saturated rings. The van der Waals surface area contributed by atoms with E-state index in [4.69, 9.17) is 21.1 Å². The van der Waals surface area contributed by atoms with Crippen molar-refractivity contribution in [3.05, 3.63) is 46.7 Å². The number of esters is 2. The fraction of sp³-hybridized carbons (Fsp3) is 0.583. The summed E-state index contributed by atoms with van der Waals surface area (Å²) in [6.45, 7) is 7.85. The van der Waals surface area contributed by atoms with Crippen molar-refractivity contribution in [2.24, 2.45) is 5.92 Å². The zero-order chi connectivity index (χ0) is 24.6. The van der Waals surface area contributed by atoms with Crippen LogP contribution in [0.1, 0.15) is 57.6 Å². The number of nitrogens with zero attached hydrogens (tertiary/aromatic N) is 1. The second kappa shape index (κ2) is 9.57. The Bertz CT molecular complexity index is 931. The van der Waals surface area contributed by atoms with Crippen LogP contribution >= 0.6 is 11.6 Å². The topological polar surface area (TPSA) is 55.8 Å². The molecule has 1 aromatic carbocycles. The van der Waals surface area contributed by atoms with Gasteiger partial charge in [0.1, 0.15) is 0 Å². The number of carbonyl (C=O) groups is 2. The summed E-state index contributed by atoms with van der Waals surface area (Å²) in [6.07, 6.45) is -3.37. The standard InChI is InChI=1S/C24H29ClF3NO4/c1-5-32-21(30)18-14(3)29-12-11-17(25)13-23(29,4)20(22(31)33-6-2)19(18)15-7-9-16(10-8-15)24(26,27)28/h7-10,17,19-20H,5-6,11-13H2,1-4H3/t17-,19?,20-,23+/m0/s1. The number of rotatable bonds is 5. The van der Waals surface area contributed by atoms with E-state index in [9.17, 15) is 22.8 Å². The first-order valence-electron chi connectivity index (χ1n) is 11.1. The molecule has 0 saturated carbocycles. The largest absolute Gasteiger partial charge is 0.466 e. The van der Waals surface area contributed by atoms with Gasteiger partial charge in [-0.05, 0) is 58.2 Å². The van der Waals surface area contributed by atoms with E-state index in [1.54, 1.807) is 20.8 Å². The van der Waals surface area contributed by atoms with Gasteiger partial charge in [-0.15, -0.1) is 11.6 Å². The summed E-state index contributed by atoms with van der Waals surface area (Å²) < 4.78 is 50.3. The van der Waals surface area contributed by atoms with Crippen LogP contribution < -0.4 is 0 Å². The van der Waals surface area contributed by atoms with Crippen molar-refractivity contribution in [2.75, 3.05) is 19.8 Å². The second-order valence-corrected chi connectivity index (χ2v) is 9.26. The highest BCUT2D eigenvalue weighted by Gasteiger charge is 2.57. The Morgan fingerprint density at radius 3 is 2.30 bits per heavy atom. The van der Waals surface area contributed by atoms with Crippen molar-refractivity contribution in [1.29, 1.82) is 0 Å². The van der Waals surface area contributed by atoms with E-state index in [1.165, 1.54) is 12.1 Å². The van der Waals surface area contributed by atoms with Gasteiger partial charge >= 0.3 is 18.1 Å². The molecule has 0 aliphatic carbocycles. The Morgan fingerprint density at radius 1 is 1.15 bits per heavy atom. The molecule has 5 nitrogen and oxygen atoms in total. The predicted octanol–water partition coefficient (Wildman–Crippen LogP) is 5.28. The Morgan fingerprint density at radius 2 is 1.76 bits per heavy atom. The third-order valence-corrected chi connectivity index (χ3v) is 7.03. The molecule has 1 unspecified atom stereocenters. The molecule has 0 aromatic heterocycles. The lowest BCUT2D eigenvalue weighted by molar-refractivity contribution is -0.157. The van der Waals surface area contributed by atoms with Crippen molar-refractivity contribution < 1.29 is 32.2 Å². The van der Waals surface area contributed by atoms with Crippen LogP contribution in [0.2, 0.25) is 0 Å². The minimum Gasteiger partial charge on any atom is -0.466 e. The van der Waals surface area contributed by atoms with Gasteiger partial charge in [0.15, 0.2) is 0 Å². The fourth-order valence-electron chi connectivity index (χ4n) is 5.27. The minimum atomic E-state index is -4.50. The maximum Gasteiger partial charge on any atom is 0.416 e. The maximum absolute atomic E-state index is 13.4. The summed E-state index contributed by atoms with van der Waals surface area (Å²) in [7, 11) is 0. The molecule has 1 saturated heterocycles. The highest BCUT2D eigenvalue weighted by molar-refractivity contribution is 6.20. The Kier molecular flexibility index (Phi) is 7.36. The van der Waals surface area contributed by atoms with Gasteiger partial charge in [-0.2, -0.15) is 13.2 Å². The molecular weight excluding hydrogens is 459 g/mol. The van der Waals surface area contributed by atoms with Crippen LogP contribution in [-0.4, -0.2) is 47.5 Å². The van der Waals surface area contributed by atoms with E-state index in [0.717, 1.165) is 12.1 Å². The predicted molar refractivity (Wildman–Crippen MR) is 118 cm³/mol. The lowest BCUT2D eigenvalue weighted by atomic mass is 9.63. The molecule has 4 atom stereocenters. The smallest absolute Gasteiger partial charge is 0.416 e. The average molecular weight is 488 g/mol. The number of fused-ring (bicyclic) bond motifs is 1. The molecule has 9 heteroatoms. The van der Waals surface area contributed by atoms with Gasteiger partial charge in [-0.25, -0.2) is 4.79 Å². The number of halogens is 4. The SMILES string of the molecule is CCOC(=O)C1=C(C)N2CC[C@H](Cl)C[C@]2(C)[C@H](C(=O)OCC)C1c1ccc(C(F)(F)F)cc1. The van der Waals surface area contributed by atoms with Gasteiger partial charge in [-0.1, -0.05) is 12.1 Å². The van der Waals surface area contributed by atoms with Gasteiger partial charge in [0.05, 0.1) is 35.8 Å². The number of piperidine rings is 1. The van der Waals surface area contributed by atoms with E-state index in [1.807, 2.05) is 11.8 Å². The highest BCUT2D eigenvalue weighted by Crippen LogP contribution is 2.53. The molecule has 1 aromatic rings. The minimum absolute atomic E-state index is 0.125. The fourth-order valence-corrected chi connectivity index (χ4v) is 5.68. The molecule has 0 N–H and O–H groups in total. The van der Waals surface area contributed by atoms with Crippen molar-refractivity contribution >= 4 is 23.5 Å². The second-order valence-electron chi connectivity index (χ2n) is 8.65. The number of carbonyl (C=O) groups excluding carboxylic acids is 2. The monoisotopic (exact) mass is 487 g/mol. The lowest BCUT2D eigenvalue weighted by Crippen LogP contribution is -2.62. The van der Waals surface area contributed by atoms with Crippen LogP contribution in [0, 0.1) is 5.92 Å². The van der Waals surface area contributed by atoms with E-state index >= 15 is 0 Å². The molecule has 0 radical (unpaired) electrons. The first-order valence-corrected chi connectivity index (χ1v) is 11.5. The molecule has 2 aliphatic heterocycles. The molecule has 33 heavy (non-hydrogen) atoms. The summed E-state index contributed by atoms with van der Waals surface area (Å²) in [5, 5.41) is -0.187. The Balaban J connectivity index is 2.25. The first-order chi connectivity index (χ1) is 15.5. The van der Waals surface area contributed by atoms with Crippen molar-refractivity contribution in [1.82, 2.24) is 4.90 Å². The lowest BCUT2D eigenvalue weighted by Gasteiger charge is -2.57. The van der Waals surface area contributed by atoms with Crippen molar-refractivity contribution in [3.8, 4) is 0 Å². The van der Waals surface area contributed by atoms with E-state index in [0.29, 0.717) is 30.6 Å². The summed E-state index contributed by atoms with van der Waals surface area (Å²) >= 11 is 6.52. The van der Waals surface area contributed by atoms with Crippen LogP contribution in [0.4, 0.5) is 13.2 Å². The molecule has 182 valence electrons. The van der Waals surface area contributed by atoms with E-state index in [-0.39, 0.29) is 24.2 Å². The van der Waals surface area contributed by atoms with Gasteiger partial charge in [0.25, 0.3) is 0 Å². The summed E-state index contributed by atoms with van der Waals surface area (Å²) in [5.41, 5.74) is -0.268. The number of allylic oxidation sites excluding steroid dienone is 1.